The van der Waals surface area contributed by atoms with Crippen LogP contribution in [0.25, 0.3) is 0 Å². The van der Waals surface area contributed by atoms with Gasteiger partial charge in [0.05, 0.1) is 0 Å². The van der Waals surface area contributed by atoms with Gasteiger partial charge in [-0.15, -0.1) is 11.6 Å². The van der Waals surface area contributed by atoms with Gasteiger partial charge < -0.3 is 5.32 Å². The second kappa shape index (κ2) is 5.87. The summed E-state index contributed by atoms with van der Waals surface area (Å²) in [7, 11) is 0. The Morgan fingerprint density at radius 2 is 2.06 bits per heavy atom. The number of aryl methyl sites for hydroxylation is 1. The van der Waals surface area contributed by atoms with E-state index in [9.17, 15) is 4.79 Å². The lowest BCUT2D eigenvalue weighted by Gasteiger charge is -2.25. The number of nitrogens with one attached hydrogen (secondary N) is 1. The van der Waals surface area contributed by atoms with Crippen LogP contribution >= 0.6 is 27.5 Å². The Hall–Kier alpha value is -0.540. The first kappa shape index (κ1) is 14.5. The first-order valence-electron chi connectivity index (χ1n) is 5.50. The van der Waals surface area contributed by atoms with Crippen molar-refractivity contribution in [1.29, 1.82) is 0 Å². The summed E-state index contributed by atoms with van der Waals surface area (Å²) in [6, 6.07) is 5.66. The van der Waals surface area contributed by atoms with Gasteiger partial charge in [-0.3, -0.25) is 4.79 Å². The minimum atomic E-state index is -0.283. The third-order valence-electron chi connectivity index (χ3n) is 2.48. The van der Waals surface area contributed by atoms with Crippen LogP contribution in [0.2, 0.25) is 0 Å². The van der Waals surface area contributed by atoms with Crippen LogP contribution in [0.4, 0.5) is 0 Å². The second-order valence-electron chi connectivity index (χ2n) is 4.79. The van der Waals surface area contributed by atoms with Crippen LogP contribution in [0, 0.1) is 6.92 Å². The van der Waals surface area contributed by atoms with Gasteiger partial charge in [-0.2, -0.15) is 0 Å². The maximum atomic E-state index is 12.1. The molecule has 0 aromatic heterocycles. The molecule has 4 heteroatoms. The van der Waals surface area contributed by atoms with Gasteiger partial charge in [-0.25, -0.2) is 0 Å². The highest BCUT2D eigenvalue weighted by atomic mass is 79.9. The normalized spacial score (nSPS) is 11.4. The molecule has 17 heavy (non-hydrogen) atoms. The molecule has 0 fully saturated rings. The third-order valence-corrected chi connectivity index (χ3v) is 3.12. The highest BCUT2D eigenvalue weighted by Gasteiger charge is 2.20. The second-order valence-corrected chi connectivity index (χ2v) is 6.09. The molecule has 0 radical (unpaired) electrons. The van der Waals surface area contributed by atoms with E-state index in [2.05, 4.69) is 21.2 Å². The first-order chi connectivity index (χ1) is 7.84. The molecule has 0 unspecified atom stereocenters. The van der Waals surface area contributed by atoms with Gasteiger partial charge >= 0.3 is 0 Å². The Bertz CT molecular complexity index is 398. The Kier molecular flexibility index (Phi) is 5.02. The van der Waals surface area contributed by atoms with Crippen molar-refractivity contribution in [2.45, 2.75) is 32.7 Å². The molecule has 1 rings (SSSR count). The summed E-state index contributed by atoms with van der Waals surface area (Å²) in [5.41, 5.74) is 1.44. The SMILES string of the molecule is Cc1cc(Br)cc(C(=O)NC(C)(C)CCCl)c1. The highest BCUT2D eigenvalue weighted by Crippen LogP contribution is 2.17. The van der Waals surface area contributed by atoms with Gasteiger partial charge in [0, 0.05) is 21.5 Å². The van der Waals surface area contributed by atoms with Crippen LogP contribution in [-0.2, 0) is 0 Å². The van der Waals surface area contributed by atoms with Crippen molar-refractivity contribution in [2.24, 2.45) is 0 Å². The zero-order valence-electron chi connectivity index (χ0n) is 10.3. The number of hydrogen-bond acceptors (Lipinski definition) is 1. The standard InChI is InChI=1S/C13H17BrClNO/c1-9-6-10(8-11(14)7-9)12(17)16-13(2,3)4-5-15/h6-8H,4-5H2,1-3H3,(H,16,17). The monoisotopic (exact) mass is 317 g/mol. The fourth-order valence-corrected chi connectivity index (χ4v) is 2.63. The fourth-order valence-electron chi connectivity index (χ4n) is 1.55. The van der Waals surface area contributed by atoms with Crippen molar-refractivity contribution in [2.75, 3.05) is 5.88 Å². The van der Waals surface area contributed by atoms with Crippen LogP contribution in [0.5, 0.6) is 0 Å². The summed E-state index contributed by atoms with van der Waals surface area (Å²) in [5, 5.41) is 2.98. The van der Waals surface area contributed by atoms with E-state index in [1.54, 1.807) is 0 Å². The Balaban J connectivity index is 2.83. The quantitative estimate of drug-likeness (QED) is 0.838. The molecule has 0 spiro atoms. The van der Waals surface area contributed by atoms with Crippen molar-refractivity contribution in [3.63, 3.8) is 0 Å². The van der Waals surface area contributed by atoms with Crippen molar-refractivity contribution in [1.82, 2.24) is 5.32 Å². The van der Waals surface area contributed by atoms with E-state index in [4.69, 9.17) is 11.6 Å². The Labute approximate surface area is 116 Å². The molecule has 0 saturated carbocycles. The summed E-state index contributed by atoms with van der Waals surface area (Å²) >= 11 is 9.10. The molecular formula is C13H17BrClNO. The van der Waals surface area contributed by atoms with Crippen molar-refractivity contribution >= 4 is 33.4 Å². The predicted octanol–water partition coefficient (Wildman–Crippen LogP) is 3.89. The van der Waals surface area contributed by atoms with E-state index < -0.39 is 0 Å². The average Bonchev–Trinajstić information content (AvgIpc) is 2.14. The summed E-state index contributed by atoms with van der Waals surface area (Å²) in [5.74, 6) is 0.467. The van der Waals surface area contributed by atoms with Gasteiger partial charge in [0.1, 0.15) is 0 Å². The molecule has 1 amide bonds. The molecule has 94 valence electrons. The molecule has 0 heterocycles. The van der Waals surface area contributed by atoms with Gasteiger partial charge in [0.25, 0.3) is 5.91 Å². The number of rotatable bonds is 4. The molecule has 0 bridgehead atoms. The molecule has 2 nitrogen and oxygen atoms in total. The Morgan fingerprint density at radius 1 is 1.41 bits per heavy atom. The molecule has 0 saturated heterocycles. The lowest BCUT2D eigenvalue weighted by molar-refractivity contribution is 0.0911. The van der Waals surface area contributed by atoms with Crippen LogP contribution in [0.1, 0.15) is 36.2 Å². The number of alkyl halides is 1. The molecule has 1 N–H and O–H groups in total. The topological polar surface area (TPSA) is 29.1 Å². The van der Waals surface area contributed by atoms with Crippen LogP contribution < -0.4 is 5.32 Å². The van der Waals surface area contributed by atoms with E-state index in [0.717, 1.165) is 16.5 Å². The van der Waals surface area contributed by atoms with Crippen LogP contribution in [0.15, 0.2) is 22.7 Å². The lowest BCUT2D eigenvalue weighted by Crippen LogP contribution is -2.43. The molecule has 0 aliphatic heterocycles. The van der Waals surface area contributed by atoms with E-state index >= 15 is 0 Å². The largest absolute Gasteiger partial charge is 0.347 e. The number of benzene rings is 1. The zero-order valence-corrected chi connectivity index (χ0v) is 12.7. The summed E-state index contributed by atoms with van der Waals surface area (Å²) in [4.78, 5) is 12.1. The number of carbonyl (C=O) groups is 1. The van der Waals surface area contributed by atoms with Crippen molar-refractivity contribution < 1.29 is 4.79 Å². The smallest absolute Gasteiger partial charge is 0.251 e. The third kappa shape index (κ3) is 4.68. The predicted molar refractivity (Wildman–Crippen MR) is 75.8 cm³/mol. The van der Waals surface area contributed by atoms with Gasteiger partial charge in [-0.1, -0.05) is 15.9 Å². The molecule has 0 aliphatic rings. The van der Waals surface area contributed by atoms with Crippen LogP contribution in [0.3, 0.4) is 0 Å². The van der Waals surface area contributed by atoms with Crippen LogP contribution in [-0.4, -0.2) is 17.3 Å². The van der Waals surface area contributed by atoms with E-state index in [-0.39, 0.29) is 11.4 Å². The summed E-state index contributed by atoms with van der Waals surface area (Å²) in [6.07, 6.45) is 0.743. The minimum absolute atomic E-state index is 0.0653. The highest BCUT2D eigenvalue weighted by molar-refractivity contribution is 9.10. The lowest BCUT2D eigenvalue weighted by atomic mass is 10.0. The maximum absolute atomic E-state index is 12.1. The van der Waals surface area contributed by atoms with Gasteiger partial charge in [0.15, 0.2) is 0 Å². The molecule has 0 aliphatic carbocycles. The first-order valence-corrected chi connectivity index (χ1v) is 6.82. The average molecular weight is 319 g/mol. The van der Waals surface area contributed by atoms with Crippen molar-refractivity contribution in [3.8, 4) is 0 Å². The van der Waals surface area contributed by atoms with Gasteiger partial charge in [0.2, 0.25) is 0 Å². The number of halogens is 2. The van der Waals surface area contributed by atoms with E-state index in [1.165, 1.54) is 0 Å². The fraction of sp³-hybridized carbons (Fsp3) is 0.462. The number of carbonyl (C=O) groups excluding carboxylic acids is 1. The maximum Gasteiger partial charge on any atom is 0.251 e. The zero-order chi connectivity index (χ0) is 13.1. The molecule has 1 aromatic carbocycles. The Morgan fingerprint density at radius 3 is 2.59 bits per heavy atom. The van der Waals surface area contributed by atoms with Crippen molar-refractivity contribution in [3.05, 3.63) is 33.8 Å². The summed E-state index contributed by atoms with van der Waals surface area (Å²) in [6.45, 7) is 5.90. The number of amides is 1. The molecule has 1 aromatic rings. The summed E-state index contributed by atoms with van der Waals surface area (Å²) < 4.78 is 0.915. The van der Waals surface area contributed by atoms with E-state index in [0.29, 0.717) is 11.4 Å². The van der Waals surface area contributed by atoms with E-state index in [1.807, 2.05) is 39.0 Å². The minimum Gasteiger partial charge on any atom is -0.347 e. The molecule has 0 atom stereocenters. The van der Waals surface area contributed by atoms with Gasteiger partial charge in [-0.05, 0) is 51.0 Å². The molecular weight excluding hydrogens is 302 g/mol. The number of hydrogen-bond donors (Lipinski definition) is 1.